The van der Waals surface area contributed by atoms with Gasteiger partial charge in [-0.3, -0.25) is 4.79 Å². The third-order valence-electron chi connectivity index (χ3n) is 4.84. The van der Waals surface area contributed by atoms with E-state index in [4.69, 9.17) is 4.74 Å². The average molecular weight is 417 g/mol. The van der Waals surface area contributed by atoms with Gasteiger partial charge in [-0.25, -0.2) is 13.1 Å². The predicted octanol–water partition coefficient (Wildman–Crippen LogP) is 4.34. The minimum atomic E-state index is -3.55. The summed E-state index contributed by atoms with van der Waals surface area (Å²) in [5, 5.41) is 2.78. The maximum atomic E-state index is 12.6. The summed E-state index contributed by atoms with van der Waals surface area (Å²) in [6, 6.07) is 13.1. The zero-order valence-electron chi connectivity index (χ0n) is 16.9. The highest BCUT2D eigenvalue weighted by Crippen LogP contribution is 2.21. The Morgan fingerprint density at radius 3 is 2.17 bits per heavy atom. The molecule has 1 saturated carbocycles. The first-order valence-corrected chi connectivity index (χ1v) is 11.5. The van der Waals surface area contributed by atoms with Gasteiger partial charge >= 0.3 is 0 Å². The molecular weight excluding hydrogens is 388 g/mol. The monoisotopic (exact) mass is 416 g/mol. The molecule has 1 aliphatic rings. The second-order valence-electron chi connectivity index (χ2n) is 7.63. The fraction of sp³-hybridized carbons (Fsp3) is 0.409. The van der Waals surface area contributed by atoms with Crippen molar-refractivity contribution in [2.75, 3.05) is 5.32 Å². The average Bonchev–Trinajstić information content (AvgIpc) is 2.69. The topological polar surface area (TPSA) is 84.5 Å². The van der Waals surface area contributed by atoms with Gasteiger partial charge in [0.15, 0.2) is 0 Å². The molecule has 1 amide bonds. The van der Waals surface area contributed by atoms with Crippen LogP contribution < -0.4 is 14.8 Å². The number of rotatable bonds is 7. The van der Waals surface area contributed by atoms with Gasteiger partial charge in [-0.2, -0.15) is 0 Å². The third-order valence-corrected chi connectivity index (χ3v) is 6.37. The summed E-state index contributed by atoms with van der Waals surface area (Å²) in [6.07, 6.45) is 5.12. The number of carbonyl (C=O) groups excluding carboxylic acids is 1. The van der Waals surface area contributed by atoms with Crippen LogP contribution in [0.3, 0.4) is 0 Å². The van der Waals surface area contributed by atoms with Crippen molar-refractivity contribution >= 4 is 21.6 Å². The first-order valence-electron chi connectivity index (χ1n) is 10.0. The normalized spacial score (nSPS) is 15.3. The van der Waals surface area contributed by atoms with Gasteiger partial charge in [0.05, 0.1) is 11.0 Å². The molecule has 0 spiro atoms. The number of hydrogen-bond acceptors (Lipinski definition) is 4. The highest BCUT2D eigenvalue weighted by molar-refractivity contribution is 7.89. The molecule has 0 aliphatic heterocycles. The lowest BCUT2D eigenvalue weighted by molar-refractivity contribution is 0.102. The Balaban J connectivity index is 1.61. The van der Waals surface area contributed by atoms with Crippen molar-refractivity contribution in [2.24, 2.45) is 0 Å². The molecule has 1 fully saturated rings. The first kappa shape index (κ1) is 21.3. The van der Waals surface area contributed by atoms with Gasteiger partial charge < -0.3 is 10.1 Å². The molecule has 29 heavy (non-hydrogen) atoms. The largest absolute Gasteiger partial charge is 0.491 e. The number of hydrogen-bond donors (Lipinski definition) is 2. The molecule has 0 heterocycles. The van der Waals surface area contributed by atoms with Crippen molar-refractivity contribution in [1.29, 1.82) is 0 Å². The van der Waals surface area contributed by atoms with Crippen LogP contribution in [0.5, 0.6) is 5.75 Å². The lowest BCUT2D eigenvalue weighted by Gasteiger charge is -2.22. The summed E-state index contributed by atoms with van der Waals surface area (Å²) >= 11 is 0. The zero-order valence-corrected chi connectivity index (χ0v) is 17.7. The van der Waals surface area contributed by atoms with Gasteiger partial charge in [0.1, 0.15) is 5.75 Å². The van der Waals surface area contributed by atoms with Crippen LogP contribution in [0.1, 0.15) is 56.3 Å². The van der Waals surface area contributed by atoms with Gasteiger partial charge in [-0.1, -0.05) is 19.3 Å². The lowest BCUT2D eigenvalue weighted by Crippen LogP contribution is -2.36. The SMILES string of the molecule is CC(C)Oc1ccc(C(=O)Nc2ccc(S(=O)(=O)NC3CCCCC3)cc2)cc1. The number of carbonyl (C=O) groups is 1. The molecule has 7 heteroatoms. The summed E-state index contributed by atoms with van der Waals surface area (Å²) in [5.41, 5.74) is 1.03. The zero-order chi connectivity index (χ0) is 20.9. The Kier molecular flexibility index (Phi) is 6.92. The van der Waals surface area contributed by atoms with E-state index in [-0.39, 0.29) is 22.9 Å². The Hall–Kier alpha value is -2.38. The van der Waals surface area contributed by atoms with E-state index in [2.05, 4.69) is 10.0 Å². The molecule has 2 N–H and O–H groups in total. The molecule has 0 bridgehead atoms. The highest BCUT2D eigenvalue weighted by atomic mass is 32.2. The summed E-state index contributed by atoms with van der Waals surface area (Å²) in [5.74, 6) is 0.439. The van der Waals surface area contributed by atoms with E-state index in [1.165, 1.54) is 18.6 Å². The smallest absolute Gasteiger partial charge is 0.255 e. The molecule has 2 aromatic rings. The van der Waals surface area contributed by atoms with Crippen molar-refractivity contribution in [3.8, 4) is 5.75 Å². The molecule has 0 saturated heterocycles. The molecule has 0 radical (unpaired) electrons. The van der Waals surface area contributed by atoms with Crippen LogP contribution in [-0.4, -0.2) is 26.5 Å². The van der Waals surface area contributed by atoms with Gasteiger partial charge in [-0.15, -0.1) is 0 Å². The van der Waals surface area contributed by atoms with E-state index in [1.807, 2.05) is 13.8 Å². The molecule has 0 unspecified atom stereocenters. The highest BCUT2D eigenvalue weighted by Gasteiger charge is 2.21. The van der Waals surface area contributed by atoms with E-state index < -0.39 is 10.0 Å². The fourth-order valence-electron chi connectivity index (χ4n) is 3.39. The Morgan fingerprint density at radius 1 is 0.966 bits per heavy atom. The number of ether oxygens (including phenoxy) is 1. The lowest BCUT2D eigenvalue weighted by atomic mass is 9.96. The number of sulfonamides is 1. The second kappa shape index (κ2) is 9.41. The van der Waals surface area contributed by atoms with Crippen molar-refractivity contribution in [2.45, 2.75) is 63.0 Å². The van der Waals surface area contributed by atoms with Crippen molar-refractivity contribution in [3.63, 3.8) is 0 Å². The van der Waals surface area contributed by atoms with Gasteiger partial charge in [0.2, 0.25) is 10.0 Å². The molecule has 0 aromatic heterocycles. The molecule has 1 aliphatic carbocycles. The Bertz CT molecular complexity index is 916. The van der Waals surface area contributed by atoms with Crippen LogP contribution in [0.25, 0.3) is 0 Å². The molecule has 6 nitrogen and oxygen atoms in total. The molecular formula is C22H28N2O4S. The van der Waals surface area contributed by atoms with Crippen molar-refractivity contribution in [3.05, 3.63) is 54.1 Å². The van der Waals surface area contributed by atoms with Gasteiger partial charge in [0.25, 0.3) is 5.91 Å². The number of nitrogens with one attached hydrogen (secondary N) is 2. The van der Waals surface area contributed by atoms with Gasteiger partial charge in [-0.05, 0) is 75.2 Å². The fourth-order valence-corrected chi connectivity index (χ4v) is 4.69. The minimum absolute atomic E-state index is 0.00998. The molecule has 156 valence electrons. The van der Waals surface area contributed by atoms with E-state index in [0.717, 1.165) is 25.7 Å². The summed E-state index contributed by atoms with van der Waals surface area (Å²) in [6.45, 7) is 3.88. The summed E-state index contributed by atoms with van der Waals surface area (Å²) in [4.78, 5) is 12.6. The summed E-state index contributed by atoms with van der Waals surface area (Å²) in [7, 11) is -3.55. The van der Waals surface area contributed by atoms with Gasteiger partial charge in [0, 0.05) is 17.3 Å². The van der Waals surface area contributed by atoms with Crippen LogP contribution >= 0.6 is 0 Å². The van der Waals surface area contributed by atoms with Crippen molar-refractivity contribution < 1.29 is 17.9 Å². The third kappa shape index (κ3) is 6.05. The van der Waals surface area contributed by atoms with E-state index in [0.29, 0.717) is 17.0 Å². The summed E-state index contributed by atoms with van der Waals surface area (Å²) < 4.78 is 33.5. The quantitative estimate of drug-likeness (QED) is 0.703. The van der Waals surface area contributed by atoms with Crippen molar-refractivity contribution in [1.82, 2.24) is 4.72 Å². The Labute approximate surface area is 172 Å². The second-order valence-corrected chi connectivity index (χ2v) is 9.34. The predicted molar refractivity (Wildman–Crippen MR) is 114 cm³/mol. The minimum Gasteiger partial charge on any atom is -0.491 e. The first-order chi connectivity index (χ1) is 13.8. The van der Waals surface area contributed by atoms with Crippen LogP contribution in [0.4, 0.5) is 5.69 Å². The van der Waals surface area contributed by atoms with Crippen LogP contribution in [0, 0.1) is 0 Å². The molecule has 3 rings (SSSR count). The van der Waals surface area contributed by atoms with Crippen LogP contribution in [0.2, 0.25) is 0 Å². The van der Waals surface area contributed by atoms with Crippen LogP contribution in [0.15, 0.2) is 53.4 Å². The molecule has 0 atom stereocenters. The number of anilines is 1. The van der Waals surface area contributed by atoms with Crippen LogP contribution in [-0.2, 0) is 10.0 Å². The maximum absolute atomic E-state index is 12.6. The molecule has 2 aromatic carbocycles. The standard InChI is InChI=1S/C22H28N2O4S/c1-16(2)28-20-12-8-17(9-13-20)22(25)23-18-10-14-21(15-11-18)29(26,27)24-19-6-4-3-5-7-19/h8-16,19,24H,3-7H2,1-2H3,(H,23,25). The number of benzene rings is 2. The van der Waals surface area contributed by atoms with E-state index >= 15 is 0 Å². The van der Waals surface area contributed by atoms with E-state index in [9.17, 15) is 13.2 Å². The maximum Gasteiger partial charge on any atom is 0.255 e. The van der Waals surface area contributed by atoms with E-state index in [1.54, 1.807) is 36.4 Å². The number of amides is 1. The Morgan fingerprint density at radius 2 is 1.59 bits per heavy atom.